The summed E-state index contributed by atoms with van der Waals surface area (Å²) in [7, 11) is 0. The summed E-state index contributed by atoms with van der Waals surface area (Å²) in [5.74, 6) is 0. The lowest BCUT2D eigenvalue weighted by Crippen LogP contribution is -1.96. The Balaban J connectivity index is 1.91. The summed E-state index contributed by atoms with van der Waals surface area (Å²) < 4.78 is 2.43. The van der Waals surface area contributed by atoms with Gasteiger partial charge in [-0.05, 0) is 43.2 Å². The van der Waals surface area contributed by atoms with Crippen LogP contribution in [0.4, 0.5) is 0 Å². The molecule has 0 radical (unpaired) electrons. The minimum absolute atomic E-state index is 1.24. The first-order valence-electron chi connectivity index (χ1n) is 10.8. The second-order valence-electron chi connectivity index (χ2n) is 8.43. The van der Waals surface area contributed by atoms with Crippen molar-refractivity contribution >= 4 is 27.3 Å². The van der Waals surface area contributed by atoms with Crippen molar-refractivity contribution in [3.05, 3.63) is 114 Å². The Labute approximate surface area is 182 Å². The third kappa shape index (κ3) is 2.78. The number of para-hydroxylation sites is 2. The van der Waals surface area contributed by atoms with Crippen molar-refractivity contribution in [2.45, 2.75) is 13.8 Å². The fourth-order valence-corrected chi connectivity index (χ4v) is 4.93. The van der Waals surface area contributed by atoms with Crippen LogP contribution in [0.1, 0.15) is 11.1 Å². The maximum absolute atomic E-state index is 2.43. The van der Waals surface area contributed by atoms with Gasteiger partial charge in [-0.3, -0.25) is 0 Å². The normalized spacial score (nSPS) is 11.5. The maximum Gasteiger partial charge on any atom is 0.0553 e. The lowest BCUT2D eigenvalue weighted by Gasteiger charge is -2.18. The molecule has 0 N–H and O–H groups in total. The third-order valence-electron chi connectivity index (χ3n) is 6.24. The summed E-state index contributed by atoms with van der Waals surface area (Å²) >= 11 is 0. The highest BCUT2D eigenvalue weighted by molar-refractivity contribution is 6.11. The van der Waals surface area contributed by atoms with Gasteiger partial charge < -0.3 is 4.40 Å². The lowest BCUT2D eigenvalue weighted by atomic mass is 9.90. The van der Waals surface area contributed by atoms with Crippen molar-refractivity contribution in [1.82, 2.24) is 4.40 Å². The zero-order chi connectivity index (χ0) is 20.9. The van der Waals surface area contributed by atoms with Crippen LogP contribution < -0.4 is 0 Å². The van der Waals surface area contributed by atoms with Crippen LogP contribution in [-0.4, -0.2) is 4.40 Å². The zero-order valence-electron chi connectivity index (χ0n) is 17.8. The Morgan fingerprint density at radius 1 is 0.484 bits per heavy atom. The lowest BCUT2D eigenvalue weighted by molar-refractivity contribution is 1.33. The molecule has 0 unspecified atom stereocenters. The summed E-state index contributed by atoms with van der Waals surface area (Å²) in [5, 5.41) is 2.54. The fraction of sp³-hybridized carbons (Fsp3) is 0.0667. The number of pyridine rings is 1. The first-order chi connectivity index (χ1) is 15.2. The standard InChI is InChI=1S/C30H23N/c1-20-9-7-12-23(17-20)29-25-14-4-6-16-27(25)31-26-15-5-3-11-22(26)19-28(31)30(29)24-13-8-10-21(2)18-24/h3-19H,1-2H3. The number of nitrogens with zero attached hydrogens (tertiary/aromatic N) is 1. The molecule has 0 fully saturated rings. The molecule has 0 atom stereocenters. The number of hydrogen-bond donors (Lipinski definition) is 0. The van der Waals surface area contributed by atoms with E-state index in [0.717, 1.165) is 0 Å². The van der Waals surface area contributed by atoms with E-state index in [2.05, 4.69) is 121 Å². The van der Waals surface area contributed by atoms with Crippen molar-refractivity contribution in [3.8, 4) is 22.3 Å². The summed E-state index contributed by atoms with van der Waals surface area (Å²) in [5.41, 5.74) is 11.4. The highest BCUT2D eigenvalue weighted by Crippen LogP contribution is 2.43. The second-order valence-corrected chi connectivity index (χ2v) is 8.43. The number of rotatable bonds is 2. The predicted octanol–water partition coefficient (Wildman–Crippen LogP) is 8.20. The third-order valence-corrected chi connectivity index (χ3v) is 6.24. The van der Waals surface area contributed by atoms with Crippen molar-refractivity contribution < 1.29 is 0 Å². The average Bonchev–Trinajstić information content (AvgIpc) is 3.17. The molecule has 148 valence electrons. The van der Waals surface area contributed by atoms with E-state index in [-0.39, 0.29) is 0 Å². The first kappa shape index (κ1) is 18.0. The number of hydrogen-bond acceptors (Lipinski definition) is 0. The fourth-order valence-electron chi connectivity index (χ4n) is 4.93. The van der Waals surface area contributed by atoms with Gasteiger partial charge >= 0.3 is 0 Å². The summed E-state index contributed by atoms with van der Waals surface area (Å²) in [6.07, 6.45) is 0. The van der Waals surface area contributed by atoms with Gasteiger partial charge in [-0.2, -0.15) is 0 Å². The minimum Gasteiger partial charge on any atom is -0.309 e. The molecule has 2 aromatic heterocycles. The average molecular weight is 398 g/mol. The smallest absolute Gasteiger partial charge is 0.0553 e. The Kier molecular flexibility index (Phi) is 3.97. The largest absolute Gasteiger partial charge is 0.309 e. The molecule has 0 spiro atoms. The van der Waals surface area contributed by atoms with E-state index in [1.165, 1.54) is 60.7 Å². The van der Waals surface area contributed by atoms with E-state index in [1.54, 1.807) is 0 Å². The predicted molar refractivity (Wildman–Crippen MR) is 133 cm³/mol. The molecule has 0 bridgehead atoms. The Morgan fingerprint density at radius 3 is 1.81 bits per heavy atom. The number of fused-ring (bicyclic) bond motifs is 5. The van der Waals surface area contributed by atoms with Crippen molar-refractivity contribution in [3.63, 3.8) is 0 Å². The van der Waals surface area contributed by atoms with E-state index in [4.69, 9.17) is 0 Å². The second kappa shape index (κ2) is 6.85. The van der Waals surface area contributed by atoms with Gasteiger partial charge in [0.2, 0.25) is 0 Å². The maximum atomic E-state index is 2.43. The minimum atomic E-state index is 1.24. The molecule has 1 heteroatoms. The summed E-state index contributed by atoms with van der Waals surface area (Å²) in [4.78, 5) is 0. The van der Waals surface area contributed by atoms with Gasteiger partial charge in [0, 0.05) is 21.9 Å². The molecular formula is C30H23N. The van der Waals surface area contributed by atoms with E-state index < -0.39 is 0 Å². The van der Waals surface area contributed by atoms with Gasteiger partial charge in [0.05, 0.1) is 16.6 Å². The van der Waals surface area contributed by atoms with Crippen molar-refractivity contribution in [2.24, 2.45) is 0 Å². The van der Waals surface area contributed by atoms with Crippen LogP contribution in [0.3, 0.4) is 0 Å². The van der Waals surface area contributed by atoms with Crippen molar-refractivity contribution in [1.29, 1.82) is 0 Å². The highest BCUT2D eigenvalue weighted by atomic mass is 14.9. The van der Waals surface area contributed by atoms with E-state index in [9.17, 15) is 0 Å². The van der Waals surface area contributed by atoms with Crippen LogP contribution in [0.15, 0.2) is 103 Å². The van der Waals surface area contributed by atoms with E-state index >= 15 is 0 Å². The SMILES string of the molecule is Cc1cccc(-c2c(-c3cccc(C)c3)c3cc4ccccc4n3c3ccccc23)c1. The van der Waals surface area contributed by atoms with Crippen LogP contribution in [0.2, 0.25) is 0 Å². The summed E-state index contributed by atoms with van der Waals surface area (Å²) in [6, 6.07) is 37.6. The Morgan fingerprint density at radius 2 is 1.10 bits per heavy atom. The molecule has 0 aliphatic carbocycles. The molecule has 4 aromatic carbocycles. The van der Waals surface area contributed by atoms with Gasteiger partial charge in [-0.25, -0.2) is 0 Å². The molecule has 0 saturated heterocycles. The van der Waals surface area contributed by atoms with E-state index in [1.807, 2.05) is 0 Å². The van der Waals surface area contributed by atoms with Gasteiger partial charge in [-0.1, -0.05) is 96.1 Å². The monoisotopic (exact) mass is 397 g/mol. The highest BCUT2D eigenvalue weighted by Gasteiger charge is 2.19. The van der Waals surface area contributed by atoms with Gasteiger partial charge in [0.25, 0.3) is 0 Å². The van der Waals surface area contributed by atoms with Gasteiger partial charge in [-0.15, -0.1) is 0 Å². The number of aryl methyl sites for hydroxylation is 2. The van der Waals surface area contributed by atoms with Crippen LogP contribution in [-0.2, 0) is 0 Å². The zero-order valence-corrected chi connectivity index (χ0v) is 17.8. The quantitative estimate of drug-likeness (QED) is 0.277. The molecule has 6 rings (SSSR count). The van der Waals surface area contributed by atoms with Crippen LogP contribution in [0, 0.1) is 13.8 Å². The molecule has 0 aliphatic rings. The van der Waals surface area contributed by atoms with Crippen LogP contribution in [0.5, 0.6) is 0 Å². The molecule has 31 heavy (non-hydrogen) atoms. The van der Waals surface area contributed by atoms with Crippen molar-refractivity contribution in [2.75, 3.05) is 0 Å². The van der Waals surface area contributed by atoms with E-state index in [0.29, 0.717) is 0 Å². The molecule has 6 aromatic rings. The Hall–Kier alpha value is -3.84. The molecule has 2 heterocycles. The van der Waals surface area contributed by atoms with Gasteiger partial charge in [0.1, 0.15) is 0 Å². The molecule has 0 amide bonds. The molecule has 0 aliphatic heterocycles. The van der Waals surface area contributed by atoms with Crippen LogP contribution in [0.25, 0.3) is 49.6 Å². The molecular weight excluding hydrogens is 374 g/mol. The molecule has 1 nitrogen and oxygen atoms in total. The number of benzene rings is 4. The number of aromatic nitrogens is 1. The van der Waals surface area contributed by atoms with Crippen LogP contribution >= 0.6 is 0 Å². The topological polar surface area (TPSA) is 4.41 Å². The molecule has 0 saturated carbocycles. The Bertz CT molecular complexity index is 1600. The summed E-state index contributed by atoms with van der Waals surface area (Å²) in [6.45, 7) is 4.34. The van der Waals surface area contributed by atoms with Gasteiger partial charge in [0.15, 0.2) is 0 Å². The first-order valence-corrected chi connectivity index (χ1v) is 10.8.